The first-order valence-electron chi connectivity index (χ1n) is 9.76. The van der Waals surface area contributed by atoms with Crippen LogP contribution in [0.2, 0.25) is 0 Å². The lowest BCUT2D eigenvalue weighted by atomic mass is 10.0. The van der Waals surface area contributed by atoms with E-state index in [1.807, 2.05) is 47.1 Å². The molecule has 0 N–H and O–H groups in total. The third kappa shape index (κ3) is 4.29. The second-order valence-corrected chi connectivity index (χ2v) is 7.58. The van der Waals surface area contributed by atoms with Gasteiger partial charge >= 0.3 is 0 Å². The molecule has 5 nitrogen and oxygen atoms in total. The number of furan rings is 1. The van der Waals surface area contributed by atoms with Crippen LogP contribution in [0.1, 0.15) is 5.76 Å². The first-order valence-corrected chi connectivity index (χ1v) is 10.6. The fourth-order valence-electron chi connectivity index (χ4n) is 3.16. The van der Waals surface area contributed by atoms with Gasteiger partial charge in [-0.05, 0) is 35.4 Å². The average Bonchev–Trinajstić information content (AvgIpc) is 3.49. The lowest BCUT2D eigenvalue weighted by molar-refractivity contribution is 0.559. The van der Waals surface area contributed by atoms with Gasteiger partial charge in [-0.3, -0.25) is 4.98 Å². The Morgan fingerprint density at radius 3 is 2.39 bits per heavy atom. The quantitative estimate of drug-likeness (QED) is 0.327. The molecule has 0 saturated heterocycles. The van der Waals surface area contributed by atoms with Crippen molar-refractivity contribution in [1.82, 2.24) is 9.66 Å². The standard InChI is InChI=1S/C25H18N4OS/c1-2-6-19(7-3-1)20-10-12-21(13-11-20)24-18-31-25(28-22-8-4-14-26-16-22)29(24)27-17-23-9-5-15-30-23/h1-18H. The maximum Gasteiger partial charge on any atom is 0.211 e. The summed E-state index contributed by atoms with van der Waals surface area (Å²) in [5.41, 5.74) is 5.15. The predicted molar refractivity (Wildman–Crippen MR) is 124 cm³/mol. The summed E-state index contributed by atoms with van der Waals surface area (Å²) >= 11 is 1.53. The molecule has 5 rings (SSSR count). The number of thiazole rings is 1. The molecule has 0 atom stereocenters. The molecule has 0 amide bonds. The lowest BCUT2D eigenvalue weighted by Gasteiger charge is -2.06. The van der Waals surface area contributed by atoms with Crippen molar-refractivity contribution in [1.29, 1.82) is 0 Å². The Bertz CT molecular complexity index is 1350. The molecule has 0 saturated carbocycles. The van der Waals surface area contributed by atoms with Crippen LogP contribution < -0.4 is 4.80 Å². The highest BCUT2D eigenvalue weighted by Crippen LogP contribution is 2.25. The van der Waals surface area contributed by atoms with Gasteiger partial charge in [0, 0.05) is 17.1 Å². The highest BCUT2D eigenvalue weighted by Gasteiger charge is 2.09. The Morgan fingerprint density at radius 2 is 1.65 bits per heavy atom. The van der Waals surface area contributed by atoms with E-state index < -0.39 is 0 Å². The summed E-state index contributed by atoms with van der Waals surface area (Å²) in [6, 6.07) is 26.3. The SMILES string of the molecule is C(=Nn1c(-c2ccc(-c3ccccc3)cc2)csc1=Nc1cccnc1)c1ccco1. The molecule has 0 aliphatic rings. The van der Waals surface area contributed by atoms with Crippen molar-refractivity contribution in [3.63, 3.8) is 0 Å². The zero-order chi connectivity index (χ0) is 20.9. The minimum Gasteiger partial charge on any atom is -0.463 e. The van der Waals surface area contributed by atoms with Gasteiger partial charge in [-0.2, -0.15) is 5.10 Å². The number of rotatable bonds is 5. The Kier molecular flexibility index (Phi) is 5.36. The van der Waals surface area contributed by atoms with Gasteiger partial charge in [0.1, 0.15) is 5.76 Å². The molecule has 0 aliphatic carbocycles. The van der Waals surface area contributed by atoms with Crippen LogP contribution in [-0.2, 0) is 0 Å². The van der Waals surface area contributed by atoms with Crippen LogP contribution in [0.5, 0.6) is 0 Å². The van der Waals surface area contributed by atoms with E-state index in [0.29, 0.717) is 5.76 Å². The summed E-state index contributed by atoms with van der Waals surface area (Å²) in [6.45, 7) is 0. The maximum atomic E-state index is 5.40. The van der Waals surface area contributed by atoms with Gasteiger partial charge in [-0.1, -0.05) is 54.6 Å². The van der Waals surface area contributed by atoms with Crippen molar-refractivity contribution in [3.05, 3.63) is 113 Å². The molecule has 0 unspecified atom stereocenters. The monoisotopic (exact) mass is 422 g/mol. The van der Waals surface area contributed by atoms with Crippen molar-refractivity contribution in [2.75, 3.05) is 0 Å². The molecule has 0 bridgehead atoms. The van der Waals surface area contributed by atoms with E-state index in [4.69, 9.17) is 9.41 Å². The molecular formula is C25H18N4OS. The number of nitrogens with zero attached hydrogens (tertiary/aromatic N) is 4. The normalized spacial score (nSPS) is 11.9. The van der Waals surface area contributed by atoms with E-state index in [9.17, 15) is 0 Å². The lowest BCUT2D eigenvalue weighted by Crippen LogP contribution is -2.11. The van der Waals surface area contributed by atoms with E-state index in [-0.39, 0.29) is 0 Å². The molecule has 2 aromatic carbocycles. The Balaban J connectivity index is 1.57. The minimum absolute atomic E-state index is 0.677. The van der Waals surface area contributed by atoms with Gasteiger partial charge in [0.05, 0.1) is 30.1 Å². The average molecular weight is 423 g/mol. The predicted octanol–water partition coefficient (Wildman–Crippen LogP) is 5.99. The van der Waals surface area contributed by atoms with Crippen LogP contribution in [0.3, 0.4) is 0 Å². The van der Waals surface area contributed by atoms with Gasteiger partial charge in [0.15, 0.2) is 0 Å². The summed E-state index contributed by atoms with van der Waals surface area (Å²) in [6.07, 6.45) is 6.78. The summed E-state index contributed by atoms with van der Waals surface area (Å²) in [5.74, 6) is 0.677. The molecule has 6 heteroatoms. The minimum atomic E-state index is 0.677. The number of hydrogen-bond acceptors (Lipinski definition) is 5. The number of pyridine rings is 1. The Hall–Kier alpha value is -4.03. The maximum absolute atomic E-state index is 5.40. The number of aromatic nitrogens is 2. The van der Waals surface area contributed by atoms with E-state index in [1.165, 1.54) is 22.5 Å². The van der Waals surface area contributed by atoms with Crippen LogP contribution in [0.15, 0.2) is 117 Å². The van der Waals surface area contributed by atoms with Gasteiger partial charge in [-0.15, -0.1) is 11.3 Å². The first kappa shape index (κ1) is 19.0. The fourth-order valence-corrected chi connectivity index (χ4v) is 4.02. The zero-order valence-corrected chi connectivity index (χ0v) is 17.3. The Morgan fingerprint density at radius 1 is 0.839 bits per heavy atom. The van der Waals surface area contributed by atoms with Crippen LogP contribution in [0.4, 0.5) is 5.69 Å². The van der Waals surface area contributed by atoms with Crippen molar-refractivity contribution in [3.8, 4) is 22.4 Å². The molecule has 0 aliphatic heterocycles. The van der Waals surface area contributed by atoms with Crippen molar-refractivity contribution < 1.29 is 4.42 Å². The van der Waals surface area contributed by atoms with Crippen LogP contribution in [0.25, 0.3) is 22.4 Å². The number of benzene rings is 2. The molecule has 5 aromatic rings. The van der Waals surface area contributed by atoms with E-state index in [0.717, 1.165) is 21.7 Å². The first-order chi connectivity index (χ1) is 15.4. The molecular weight excluding hydrogens is 404 g/mol. The van der Waals surface area contributed by atoms with Crippen molar-refractivity contribution in [2.45, 2.75) is 0 Å². The zero-order valence-electron chi connectivity index (χ0n) is 16.5. The second-order valence-electron chi connectivity index (χ2n) is 6.74. The fraction of sp³-hybridized carbons (Fsp3) is 0. The summed E-state index contributed by atoms with van der Waals surface area (Å²) in [4.78, 5) is 9.62. The molecule has 3 aromatic heterocycles. The van der Waals surface area contributed by atoms with Gasteiger partial charge in [0.25, 0.3) is 0 Å². The molecule has 150 valence electrons. The smallest absolute Gasteiger partial charge is 0.211 e. The molecule has 0 spiro atoms. The molecule has 3 heterocycles. The summed E-state index contributed by atoms with van der Waals surface area (Å²) < 4.78 is 7.23. The summed E-state index contributed by atoms with van der Waals surface area (Å²) in [7, 11) is 0. The second kappa shape index (κ2) is 8.77. The van der Waals surface area contributed by atoms with Gasteiger partial charge < -0.3 is 4.42 Å². The third-order valence-electron chi connectivity index (χ3n) is 4.69. The van der Waals surface area contributed by atoms with Crippen LogP contribution in [-0.4, -0.2) is 15.9 Å². The van der Waals surface area contributed by atoms with Crippen molar-refractivity contribution in [2.24, 2.45) is 10.1 Å². The topological polar surface area (TPSA) is 55.7 Å². The van der Waals surface area contributed by atoms with Gasteiger partial charge in [0.2, 0.25) is 4.80 Å². The highest BCUT2D eigenvalue weighted by molar-refractivity contribution is 7.07. The van der Waals surface area contributed by atoms with Gasteiger partial charge in [-0.25, -0.2) is 9.67 Å². The largest absolute Gasteiger partial charge is 0.463 e. The Labute approximate surface area is 183 Å². The molecule has 31 heavy (non-hydrogen) atoms. The van der Waals surface area contributed by atoms with E-state index in [2.05, 4.69) is 51.9 Å². The third-order valence-corrected chi connectivity index (χ3v) is 5.50. The van der Waals surface area contributed by atoms with Crippen LogP contribution >= 0.6 is 11.3 Å². The number of hydrogen-bond donors (Lipinski definition) is 0. The molecule has 0 fully saturated rings. The highest BCUT2D eigenvalue weighted by atomic mass is 32.1. The summed E-state index contributed by atoms with van der Waals surface area (Å²) in [5, 5.41) is 6.72. The van der Waals surface area contributed by atoms with Crippen molar-refractivity contribution >= 4 is 23.2 Å². The van der Waals surface area contributed by atoms with Crippen LogP contribution in [0, 0.1) is 0 Å². The van der Waals surface area contributed by atoms with E-state index >= 15 is 0 Å². The molecule has 0 radical (unpaired) electrons. The van der Waals surface area contributed by atoms with E-state index in [1.54, 1.807) is 24.9 Å².